The largest absolute Gasteiger partial charge is 0.465 e. The predicted molar refractivity (Wildman–Crippen MR) is 129 cm³/mol. The Morgan fingerprint density at radius 3 is 1.71 bits per heavy atom. The summed E-state index contributed by atoms with van der Waals surface area (Å²) in [7, 11) is 4.73. The molecule has 0 saturated carbocycles. The molecule has 3 rings (SSSR count). The third-order valence-corrected chi connectivity index (χ3v) is 6.00. The van der Waals surface area contributed by atoms with Gasteiger partial charge in [-0.15, -0.1) is 0 Å². The maximum absolute atomic E-state index is 12.9. The molecule has 0 N–H and O–H groups in total. The maximum Gasteiger partial charge on any atom is 0.345 e. The van der Waals surface area contributed by atoms with Crippen molar-refractivity contribution < 1.29 is 38.1 Å². The Balaban J connectivity index is 2.87. The quantitative estimate of drug-likeness (QED) is 0.370. The molecular formula is C27H28O8. The van der Waals surface area contributed by atoms with Crippen LogP contribution in [0.1, 0.15) is 30.5 Å². The number of allylic oxidation sites excluding steroid dienone is 1. The molecule has 0 atom stereocenters. The van der Waals surface area contributed by atoms with Crippen LogP contribution in [0, 0.1) is 12.3 Å². The summed E-state index contributed by atoms with van der Waals surface area (Å²) in [5.74, 6) is -3.44. The van der Waals surface area contributed by atoms with Crippen LogP contribution in [0.4, 0.5) is 0 Å². The second-order valence-corrected chi connectivity index (χ2v) is 8.91. The molecule has 2 aromatic carbocycles. The summed E-state index contributed by atoms with van der Waals surface area (Å²) in [4.78, 5) is 51.4. The number of benzene rings is 2. The molecule has 0 heterocycles. The lowest BCUT2D eigenvalue weighted by Crippen LogP contribution is -2.36. The number of aryl methyl sites for hydroxylation is 1. The number of carbonyl (C=O) groups is 4. The van der Waals surface area contributed by atoms with Crippen LogP contribution in [0.5, 0.6) is 0 Å². The number of hydrogen-bond donors (Lipinski definition) is 0. The summed E-state index contributed by atoms with van der Waals surface area (Å²) < 4.78 is 19.8. The molecule has 0 amide bonds. The van der Waals surface area contributed by atoms with Crippen molar-refractivity contribution in [2.75, 3.05) is 28.4 Å². The lowest BCUT2D eigenvalue weighted by molar-refractivity contribution is -0.142. The van der Waals surface area contributed by atoms with Crippen molar-refractivity contribution in [2.45, 2.75) is 27.2 Å². The summed E-state index contributed by atoms with van der Waals surface area (Å²) in [6.45, 7) is 5.84. The van der Waals surface area contributed by atoms with Crippen molar-refractivity contribution in [3.05, 3.63) is 51.4 Å². The Morgan fingerprint density at radius 1 is 0.743 bits per heavy atom. The smallest absolute Gasteiger partial charge is 0.345 e. The first kappa shape index (κ1) is 25.7. The average molecular weight is 481 g/mol. The molecule has 184 valence electrons. The number of esters is 4. The molecule has 0 bridgehead atoms. The van der Waals surface area contributed by atoms with Crippen molar-refractivity contribution >= 4 is 51.9 Å². The van der Waals surface area contributed by atoms with E-state index in [1.54, 1.807) is 18.2 Å². The highest BCUT2D eigenvalue weighted by atomic mass is 16.5. The fourth-order valence-corrected chi connectivity index (χ4v) is 4.41. The third-order valence-electron chi connectivity index (χ3n) is 6.00. The molecule has 8 nitrogen and oxygen atoms in total. The van der Waals surface area contributed by atoms with E-state index < -0.39 is 23.9 Å². The van der Waals surface area contributed by atoms with Gasteiger partial charge in [-0.05, 0) is 40.7 Å². The van der Waals surface area contributed by atoms with Crippen LogP contribution in [0.25, 0.3) is 28.0 Å². The van der Waals surface area contributed by atoms with Crippen LogP contribution in [0.2, 0.25) is 0 Å². The minimum absolute atomic E-state index is 0.268. The highest BCUT2D eigenvalue weighted by Gasteiger charge is 2.32. The van der Waals surface area contributed by atoms with Crippen LogP contribution in [0.3, 0.4) is 0 Å². The highest BCUT2D eigenvalue weighted by molar-refractivity contribution is 6.39. The predicted octanol–water partition coefficient (Wildman–Crippen LogP) is 1.74. The Bertz CT molecular complexity index is 1370. The van der Waals surface area contributed by atoms with Crippen molar-refractivity contribution in [3.63, 3.8) is 0 Å². The van der Waals surface area contributed by atoms with Crippen molar-refractivity contribution in [1.29, 1.82) is 0 Å². The molecule has 0 aliphatic heterocycles. The number of fused-ring (bicyclic) bond motifs is 2. The zero-order chi connectivity index (χ0) is 26.1. The molecule has 0 saturated heterocycles. The molecule has 1 aliphatic carbocycles. The van der Waals surface area contributed by atoms with E-state index in [-0.39, 0.29) is 16.6 Å². The molecule has 0 aromatic heterocycles. The van der Waals surface area contributed by atoms with Gasteiger partial charge < -0.3 is 18.9 Å². The van der Waals surface area contributed by atoms with E-state index in [2.05, 4.69) is 0 Å². The minimum atomic E-state index is -0.863. The summed E-state index contributed by atoms with van der Waals surface area (Å²) in [5, 5.41) is 1.59. The normalized spacial score (nSPS) is 13.5. The van der Waals surface area contributed by atoms with Gasteiger partial charge in [0.05, 0.1) is 28.4 Å². The van der Waals surface area contributed by atoms with Gasteiger partial charge in [0.25, 0.3) is 0 Å². The Kier molecular flexibility index (Phi) is 7.14. The van der Waals surface area contributed by atoms with Crippen molar-refractivity contribution in [1.82, 2.24) is 0 Å². The first-order chi connectivity index (χ1) is 16.5. The second-order valence-electron chi connectivity index (χ2n) is 8.91. The van der Waals surface area contributed by atoms with Crippen LogP contribution >= 0.6 is 0 Å². The van der Waals surface area contributed by atoms with Crippen molar-refractivity contribution in [2.24, 2.45) is 5.41 Å². The monoisotopic (exact) mass is 480 g/mol. The van der Waals surface area contributed by atoms with Crippen LogP contribution in [0.15, 0.2) is 24.3 Å². The molecule has 35 heavy (non-hydrogen) atoms. The average Bonchev–Trinajstić information content (AvgIpc) is 2.83. The van der Waals surface area contributed by atoms with Gasteiger partial charge in [-0.25, -0.2) is 19.2 Å². The van der Waals surface area contributed by atoms with E-state index in [0.29, 0.717) is 38.8 Å². The Morgan fingerprint density at radius 2 is 1.23 bits per heavy atom. The molecule has 0 radical (unpaired) electrons. The maximum atomic E-state index is 12.9. The van der Waals surface area contributed by atoms with Crippen LogP contribution in [-0.2, 0) is 44.5 Å². The van der Waals surface area contributed by atoms with Crippen molar-refractivity contribution in [3.8, 4) is 0 Å². The number of rotatable bonds is 4. The van der Waals surface area contributed by atoms with E-state index in [9.17, 15) is 19.2 Å². The summed E-state index contributed by atoms with van der Waals surface area (Å²) in [6, 6.07) is 5.33. The molecule has 0 spiro atoms. The third kappa shape index (κ3) is 4.56. The lowest BCUT2D eigenvalue weighted by Gasteiger charge is -2.28. The molecule has 0 unspecified atom stereocenters. The summed E-state index contributed by atoms with van der Waals surface area (Å²) in [5.41, 5.74) is 1.03. The van der Waals surface area contributed by atoms with Gasteiger partial charge in [0.15, 0.2) is 11.1 Å². The number of hydrogen-bond acceptors (Lipinski definition) is 8. The molecule has 0 fully saturated rings. The van der Waals surface area contributed by atoms with Crippen LogP contribution in [-0.4, -0.2) is 52.3 Å². The van der Waals surface area contributed by atoms with Gasteiger partial charge in [-0.3, -0.25) is 0 Å². The fraction of sp³-hybridized carbons (Fsp3) is 0.333. The SMILES string of the molecule is COC(=O)C(C(=O)OC)=c1c2c(c(=C(C(=O)OC)C(=O)OC)c3ccc(C)cc13)CC(C)(C)C=C2. The first-order valence-electron chi connectivity index (χ1n) is 10.9. The molecule has 1 aliphatic rings. The van der Waals surface area contributed by atoms with E-state index in [0.717, 1.165) is 5.56 Å². The zero-order valence-electron chi connectivity index (χ0n) is 20.9. The van der Waals surface area contributed by atoms with E-state index in [1.807, 2.05) is 32.9 Å². The first-order valence-corrected chi connectivity index (χ1v) is 10.9. The van der Waals surface area contributed by atoms with E-state index in [4.69, 9.17) is 18.9 Å². The highest BCUT2D eigenvalue weighted by Crippen LogP contribution is 2.31. The van der Waals surface area contributed by atoms with Gasteiger partial charge in [0, 0.05) is 10.4 Å². The van der Waals surface area contributed by atoms with Gasteiger partial charge in [0.1, 0.15) is 0 Å². The lowest BCUT2D eigenvalue weighted by atomic mass is 9.76. The molecular weight excluding hydrogens is 452 g/mol. The number of ether oxygens (including phenoxy) is 4. The van der Waals surface area contributed by atoms with E-state index >= 15 is 0 Å². The molecule has 8 heteroatoms. The van der Waals surface area contributed by atoms with Gasteiger partial charge in [0.2, 0.25) is 0 Å². The standard InChI is InChI=1S/C27H28O8/c1-14-8-9-15-17(12-14)19(21(23(28)32-4)24(29)33-5)16-10-11-27(2,3)13-18(16)20(15)22(25(30)34-6)26(31)35-7/h8-12H,13H2,1-7H3. The van der Waals surface area contributed by atoms with Gasteiger partial charge in [-0.1, -0.05) is 49.8 Å². The zero-order valence-corrected chi connectivity index (χ0v) is 20.9. The minimum Gasteiger partial charge on any atom is -0.465 e. The molecule has 2 aromatic rings. The van der Waals surface area contributed by atoms with Gasteiger partial charge in [-0.2, -0.15) is 0 Å². The van der Waals surface area contributed by atoms with E-state index in [1.165, 1.54) is 28.4 Å². The second kappa shape index (κ2) is 9.74. The fourth-order valence-electron chi connectivity index (χ4n) is 4.41. The summed E-state index contributed by atoms with van der Waals surface area (Å²) >= 11 is 0. The van der Waals surface area contributed by atoms with Gasteiger partial charge >= 0.3 is 23.9 Å². The number of carbonyl (C=O) groups excluding carboxylic acids is 4. The van der Waals surface area contributed by atoms with Crippen LogP contribution < -0.4 is 10.4 Å². The Labute approximate surface area is 202 Å². The topological polar surface area (TPSA) is 105 Å². The summed E-state index contributed by atoms with van der Waals surface area (Å²) in [6.07, 6.45) is 4.14. The Hall–Kier alpha value is -3.94. The number of methoxy groups -OCH3 is 4.